The fourth-order valence-corrected chi connectivity index (χ4v) is 2.09. The van der Waals surface area contributed by atoms with Crippen molar-refractivity contribution in [3.05, 3.63) is 34.2 Å². The van der Waals surface area contributed by atoms with Gasteiger partial charge in [0, 0.05) is 32.2 Å². The van der Waals surface area contributed by atoms with Gasteiger partial charge in [-0.25, -0.2) is 0 Å². The molecule has 0 atom stereocenters. The van der Waals surface area contributed by atoms with Crippen LogP contribution in [0.3, 0.4) is 0 Å². The molecule has 1 saturated carbocycles. The number of Topliss-reactive ketones (excluding diaryl/α,β-unsaturated/α-hetero) is 1. The number of aromatic nitrogens is 1. The third-order valence-corrected chi connectivity index (χ3v) is 3.14. The second kappa shape index (κ2) is 4.01. The van der Waals surface area contributed by atoms with Crippen LogP contribution >= 0.6 is 0 Å². The molecule has 0 bridgehead atoms. The van der Waals surface area contributed by atoms with Gasteiger partial charge >= 0.3 is 0 Å². The van der Waals surface area contributed by atoms with Gasteiger partial charge in [-0.2, -0.15) is 0 Å². The van der Waals surface area contributed by atoms with Gasteiger partial charge in [-0.3, -0.25) is 9.59 Å². The molecule has 1 aromatic rings. The van der Waals surface area contributed by atoms with Crippen molar-refractivity contribution >= 4 is 5.78 Å². The number of ketones is 1. The van der Waals surface area contributed by atoms with Crippen molar-refractivity contribution in [1.82, 2.24) is 4.57 Å². The number of carbonyl (C=O) groups excluding carboxylic acids is 1. The summed E-state index contributed by atoms with van der Waals surface area (Å²) in [7, 11) is 1.75. The Kier molecular flexibility index (Phi) is 2.71. The molecule has 0 aliphatic heterocycles. The first-order valence-electron chi connectivity index (χ1n) is 5.35. The zero-order chi connectivity index (χ0) is 10.8. The van der Waals surface area contributed by atoms with E-state index in [1.165, 1.54) is 0 Å². The third kappa shape index (κ3) is 2.17. The number of nitrogens with zero attached hydrogens (tertiary/aromatic N) is 1. The molecule has 1 aromatic heterocycles. The molecule has 2 rings (SSSR count). The quantitative estimate of drug-likeness (QED) is 0.698. The summed E-state index contributed by atoms with van der Waals surface area (Å²) in [6.07, 6.45) is 4.92. The largest absolute Gasteiger partial charge is 0.319 e. The standard InChI is InChI=1S/C12H15NO2/c1-13-7-6-10(8-12(13)15)9-2-4-11(14)5-3-9/h6-9H,2-5H2,1H3. The average molecular weight is 205 g/mol. The van der Waals surface area contributed by atoms with Crippen LogP contribution in [0.4, 0.5) is 0 Å². The fourth-order valence-electron chi connectivity index (χ4n) is 2.09. The van der Waals surface area contributed by atoms with E-state index in [4.69, 9.17) is 0 Å². The molecule has 15 heavy (non-hydrogen) atoms. The van der Waals surface area contributed by atoms with Crippen molar-refractivity contribution in [3.8, 4) is 0 Å². The van der Waals surface area contributed by atoms with Crippen LogP contribution in [0, 0.1) is 0 Å². The summed E-state index contributed by atoms with van der Waals surface area (Å²) in [5.41, 5.74) is 1.12. The van der Waals surface area contributed by atoms with E-state index in [2.05, 4.69) is 0 Å². The molecule has 1 heterocycles. The number of aryl methyl sites for hydroxylation is 1. The molecule has 1 fully saturated rings. The lowest BCUT2D eigenvalue weighted by Gasteiger charge is -2.21. The Labute approximate surface area is 88.7 Å². The van der Waals surface area contributed by atoms with Crippen LogP contribution in [0.25, 0.3) is 0 Å². The predicted octanol–water partition coefficient (Wildman–Crippen LogP) is 1.61. The number of hydrogen-bond donors (Lipinski definition) is 0. The summed E-state index contributed by atoms with van der Waals surface area (Å²) in [5.74, 6) is 0.756. The van der Waals surface area contributed by atoms with Crippen molar-refractivity contribution in [2.45, 2.75) is 31.6 Å². The topological polar surface area (TPSA) is 39.1 Å². The highest BCUT2D eigenvalue weighted by Crippen LogP contribution is 2.30. The minimum Gasteiger partial charge on any atom is -0.319 e. The van der Waals surface area contributed by atoms with E-state index in [0.717, 1.165) is 18.4 Å². The number of hydrogen-bond acceptors (Lipinski definition) is 2. The zero-order valence-electron chi connectivity index (χ0n) is 8.90. The van der Waals surface area contributed by atoms with Gasteiger partial charge in [0.05, 0.1) is 0 Å². The van der Waals surface area contributed by atoms with Crippen molar-refractivity contribution in [2.24, 2.45) is 7.05 Å². The maximum absolute atomic E-state index is 11.4. The van der Waals surface area contributed by atoms with Crippen LogP contribution in [0.5, 0.6) is 0 Å². The average Bonchev–Trinajstić information content (AvgIpc) is 2.23. The van der Waals surface area contributed by atoms with E-state index in [1.807, 2.05) is 6.07 Å². The van der Waals surface area contributed by atoms with Gasteiger partial charge in [0.2, 0.25) is 0 Å². The zero-order valence-corrected chi connectivity index (χ0v) is 8.90. The first kappa shape index (κ1) is 10.1. The van der Waals surface area contributed by atoms with Crippen LogP contribution < -0.4 is 5.56 Å². The van der Waals surface area contributed by atoms with E-state index in [0.29, 0.717) is 24.5 Å². The van der Waals surface area contributed by atoms with Gasteiger partial charge in [0.1, 0.15) is 5.78 Å². The first-order chi connectivity index (χ1) is 7.16. The lowest BCUT2D eigenvalue weighted by atomic mass is 9.84. The van der Waals surface area contributed by atoms with Gasteiger partial charge in [-0.05, 0) is 30.4 Å². The van der Waals surface area contributed by atoms with E-state index in [1.54, 1.807) is 23.9 Å². The number of rotatable bonds is 1. The Morgan fingerprint density at radius 1 is 1.27 bits per heavy atom. The maximum Gasteiger partial charge on any atom is 0.250 e. The molecule has 3 heteroatoms. The molecule has 3 nitrogen and oxygen atoms in total. The molecule has 0 saturated heterocycles. The minimum atomic E-state index is 0.0319. The van der Waals surface area contributed by atoms with Gasteiger partial charge < -0.3 is 4.57 Å². The molecule has 1 aliphatic carbocycles. The Bertz CT molecular complexity index is 423. The molecule has 0 amide bonds. The normalized spacial score (nSPS) is 18.1. The van der Waals surface area contributed by atoms with Crippen LogP contribution in [0.15, 0.2) is 23.1 Å². The summed E-state index contributed by atoms with van der Waals surface area (Å²) < 4.78 is 1.57. The Balaban J connectivity index is 2.19. The van der Waals surface area contributed by atoms with E-state index in [9.17, 15) is 9.59 Å². The maximum atomic E-state index is 11.4. The second-order valence-electron chi connectivity index (χ2n) is 4.22. The number of pyridine rings is 1. The molecule has 1 aliphatic rings. The first-order valence-corrected chi connectivity index (χ1v) is 5.35. The summed E-state index contributed by atoms with van der Waals surface area (Å²) >= 11 is 0. The Hall–Kier alpha value is -1.38. The SMILES string of the molecule is Cn1ccc(C2CCC(=O)CC2)cc1=O. The van der Waals surface area contributed by atoms with Crippen molar-refractivity contribution in [1.29, 1.82) is 0 Å². The lowest BCUT2D eigenvalue weighted by molar-refractivity contribution is -0.120. The molecular weight excluding hydrogens is 190 g/mol. The van der Waals surface area contributed by atoms with Crippen LogP contribution in [-0.2, 0) is 11.8 Å². The minimum absolute atomic E-state index is 0.0319. The fraction of sp³-hybridized carbons (Fsp3) is 0.500. The monoisotopic (exact) mass is 205 g/mol. The van der Waals surface area contributed by atoms with E-state index < -0.39 is 0 Å². The molecule has 0 radical (unpaired) electrons. The highest BCUT2D eigenvalue weighted by molar-refractivity contribution is 5.79. The van der Waals surface area contributed by atoms with Gasteiger partial charge in [0.25, 0.3) is 5.56 Å². The van der Waals surface area contributed by atoms with Gasteiger partial charge in [0.15, 0.2) is 0 Å². The summed E-state index contributed by atoms with van der Waals surface area (Å²) in [6, 6.07) is 3.68. The van der Waals surface area contributed by atoms with Crippen LogP contribution in [0.2, 0.25) is 0 Å². The third-order valence-electron chi connectivity index (χ3n) is 3.14. The van der Waals surface area contributed by atoms with Crippen molar-refractivity contribution in [2.75, 3.05) is 0 Å². The van der Waals surface area contributed by atoms with Crippen molar-refractivity contribution < 1.29 is 4.79 Å². The van der Waals surface area contributed by atoms with Gasteiger partial charge in [-0.1, -0.05) is 0 Å². The highest BCUT2D eigenvalue weighted by atomic mass is 16.1. The van der Waals surface area contributed by atoms with Crippen LogP contribution in [-0.4, -0.2) is 10.4 Å². The predicted molar refractivity (Wildman–Crippen MR) is 57.9 cm³/mol. The summed E-state index contributed by atoms with van der Waals surface area (Å²) in [6.45, 7) is 0. The Morgan fingerprint density at radius 2 is 1.93 bits per heavy atom. The molecule has 0 N–H and O–H groups in total. The smallest absolute Gasteiger partial charge is 0.250 e. The summed E-state index contributed by atoms with van der Waals surface area (Å²) in [5, 5.41) is 0. The van der Waals surface area contributed by atoms with E-state index in [-0.39, 0.29) is 5.56 Å². The van der Waals surface area contributed by atoms with Crippen LogP contribution in [0.1, 0.15) is 37.2 Å². The second-order valence-corrected chi connectivity index (χ2v) is 4.22. The molecule has 80 valence electrons. The number of carbonyl (C=O) groups is 1. The van der Waals surface area contributed by atoms with E-state index >= 15 is 0 Å². The molecule has 0 unspecified atom stereocenters. The van der Waals surface area contributed by atoms with Crippen molar-refractivity contribution in [3.63, 3.8) is 0 Å². The molecule has 0 spiro atoms. The highest BCUT2D eigenvalue weighted by Gasteiger charge is 2.20. The molecule has 0 aromatic carbocycles. The van der Waals surface area contributed by atoms with Gasteiger partial charge in [-0.15, -0.1) is 0 Å². The summed E-state index contributed by atoms with van der Waals surface area (Å²) in [4.78, 5) is 22.5. The molecular formula is C12H15NO2. The lowest BCUT2D eigenvalue weighted by Crippen LogP contribution is -2.18. The Morgan fingerprint density at radius 3 is 2.53 bits per heavy atom.